The lowest BCUT2D eigenvalue weighted by atomic mass is 9.95. The van der Waals surface area contributed by atoms with Gasteiger partial charge in [0, 0.05) is 34.6 Å². The predicted octanol–water partition coefficient (Wildman–Crippen LogP) is 12.0. The molecule has 0 saturated heterocycles. The average Bonchev–Trinajstić information content (AvgIpc) is 3.27. The second kappa shape index (κ2) is 14.7. The highest BCUT2D eigenvalue weighted by atomic mass is 14.9. The van der Waals surface area contributed by atoms with Crippen molar-refractivity contribution in [3.63, 3.8) is 0 Å². The molecule has 0 bridgehead atoms. The van der Waals surface area contributed by atoms with E-state index in [2.05, 4.69) is 119 Å². The standard InChI is InChI=1S/C49H33N5/c1-4-16-34(17-5-1)37-22-14-24-39(30-37)48-46(35-18-6-2-7-19-35)54-49(47(53-48)36-20-8-3-9-21-36)40-25-15-23-38(31-40)41-32-44(42-26-10-12-28-50-42)52-45(33-41)43-27-11-13-29-51-43/h1-33H. The fraction of sp³-hybridized carbons (Fsp3) is 0. The second-order valence-corrected chi connectivity index (χ2v) is 12.9. The molecule has 9 aromatic rings. The van der Waals surface area contributed by atoms with Crippen LogP contribution in [0.15, 0.2) is 200 Å². The summed E-state index contributed by atoms with van der Waals surface area (Å²) in [5.74, 6) is 0. The molecule has 4 aromatic heterocycles. The predicted molar refractivity (Wildman–Crippen MR) is 219 cm³/mol. The summed E-state index contributed by atoms with van der Waals surface area (Å²) >= 11 is 0. The molecule has 0 aliphatic carbocycles. The van der Waals surface area contributed by atoms with Crippen molar-refractivity contribution in [1.82, 2.24) is 24.9 Å². The van der Waals surface area contributed by atoms with Crippen LogP contribution in [0.2, 0.25) is 0 Å². The van der Waals surface area contributed by atoms with Gasteiger partial charge in [-0.15, -0.1) is 0 Å². The average molecular weight is 692 g/mol. The molecule has 5 aromatic carbocycles. The van der Waals surface area contributed by atoms with Crippen LogP contribution in [0.1, 0.15) is 0 Å². The molecule has 9 rings (SSSR count). The SMILES string of the molecule is c1ccc(-c2cccc(-c3nc(-c4ccccc4)c(-c4cccc(-c5cc(-c6ccccn6)nc(-c6ccccn6)c5)c4)nc3-c3ccccc3)c2)cc1. The minimum absolute atomic E-state index is 0.775. The van der Waals surface area contributed by atoms with Crippen molar-refractivity contribution in [3.05, 3.63) is 200 Å². The van der Waals surface area contributed by atoms with E-state index in [0.717, 1.165) is 90.1 Å². The Kier molecular flexibility index (Phi) is 8.86. The summed E-state index contributed by atoms with van der Waals surface area (Å²) in [6.07, 6.45) is 3.58. The van der Waals surface area contributed by atoms with E-state index in [0.29, 0.717) is 0 Å². The lowest BCUT2D eigenvalue weighted by Crippen LogP contribution is -2.01. The van der Waals surface area contributed by atoms with Crippen LogP contribution >= 0.6 is 0 Å². The minimum atomic E-state index is 0.775. The number of rotatable bonds is 8. The monoisotopic (exact) mass is 691 g/mol. The van der Waals surface area contributed by atoms with Crippen molar-refractivity contribution < 1.29 is 0 Å². The third-order valence-corrected chi connectivity index (χ3v) is 9.38. The van der Waals surface area contributed by atoms with Gasteiger partial charge in [-0.25, -0.2) is 15.0 Å². The molecular formula is C49H33N5. The molecule has 5 heteroatoms. The van der Waals surface area contributed by atoms with Gasteiger partial charge < -0.3 is 0 Å². The summed E-state index contributed by atoms with van der Waals surface area (Å²) in [6.45, 7) is 0. The van der Waals surface area contributed by atoms with Gasteiger partial charge in [0.05, 0.1) is 45.6 Å². The van der Waals surface area contributed by atoms with Crippen LogP contribution in [-0.4, -0.2) is 24.9 Å². The van der Waals surface area contributed by atoms with Gasteiger partial charge in [0.25, 0.3) is 0 Å². The number of hydrogen-bond acceptors (Lipinski definition) is 5. The maximum Gasteiger partial charge on any atom is 0.0973 e. The highest BCUT2D eigenvalue weighted by Gasteiger charge is 2.20. The molecule has 0 N–H and O–H groups in total. The Morgan fingerprint density at radius 2 is 0.593 bits per heavy atom. The Morgan fingerprint density at radius 1 is 0.222 bits per heavy atom. The zero-order valence-corrected chi connectivity index (χ0v) is 29.3. The molecule has 4 heterocycles. The van der Waals surface area contributed by atoms with E-state index in [9.17, 15) is 0 Å². The first-order valence-corrected chi connectivity index (χ1v) is 17.9. The molecule has 5 nitrogen and oxygen atoms in total. The van der Waals surface area contributed by atoms with Gasteiger partial charge in [0.2, 0.25) is 0 Å². The molecule has 54 heavy (non-hydrogen) atoms. The zero-order valence-electron chi connectivity index (χ0n) is 29.3. The minimum Gasteiger partial charge on any atom is -0.255 e. The molecule has 0 unspecified atom stereocenters. The van der Waals surface area contributed by atoms with Crippen molar-refractivity contribution in [2.75, 3.05) is 0 Å². The molecule has 0 amide bonds. The zero-order chi connectivity index (χ0) is 36.1. The molecule has 0 atom stereocenters. The number of nitrogens with zero attached hydrogens (tertiary/aromatic N) is 5. The smallest absolute Gasteiger partial charge is 0.0973 e. The molecular weight excluding hydrogens is 659 g/mol. The lowest BCUT2D eigenvalue weighted by molar-refractivity contribution is 1.21. The van der Waals surface area contributed by atoms with Gasteiger partial charge in [0.1, 0.15) is 0 Å². The Hall–Kier alpha value is -7.37. The molecule has 254 valence electrons. The summed E-state index contributed by atoms with van der Waals surface area (Å²) in [5.41, 5.74) is 14.6. The topological polar surface area (TPSA) is 64.5 Å². The Bertz CT molecular complexity index is 2630. The Labute approximate surface area is 314 Å². The van der Waals surface area contributed by atoms with Crippen molar-refractivity contribution in [1.29, 1.82) is 0 Å². The number of benzene rings is 5. The van der Waals surface area contributed by atoms with Crippen molar-refractivity contribution in [2.45, 2.75) is 0 Å². The van der Waals surface area contributed by atoms with Crippen molar-refractivity contribution in [2.24, 2.45) is 0 Å². The number of hydrogen-bond donors (Lipinski definition) is 0. The van der Waals surface area contributed by atoms with Crippen LogP contribution in [0.5, 0.6) is 0 Å². The van der Waals surface area contributed by atoms with Crippen LogP contribution in [-0.2, 0) is 0 Å². The van der Waals surface area contributed by atoms with E-state index >= 15 is 0 Å². The normalized spacial score (nSPS) is 11.0. The lowest BCUT2D eigenvalue weighted by Gasteiger charge is -2.17. The second-order valence-electron chi connectivity index (χ2n) is 12.9. The van der Waals surface area contributed by atoms with Crippen LogP contribution in [0.25, 0.3) is 90.1 Å². The quantitative estimate of drug-likeness (QED) is 0.159. The van der Waals surface area contributed by atoms with E-state index in [-0.39, 0.29) is 0 Å². The first kappa shape index (κ1) is 32.5. The molecule has 0 aliphatic rings. The summed E-state index contributed by atoms with van der Waals surface area (Å²) in [5, 5.41) is 0. The van der Waals surface area contributed by atoms with E-state index < -0.39 is 0 Å². The molecule has 0 fully saturated rings. The highest BCUT2D eigenvalue weighted by Crippen LogP contribution is 2.39. The van der Waals surface area contributed by atoms with Crippen LogP contribution in [0.3, 0.4) is 0 Å². The van der Waals surface area contributed by atoms with Crippen LogP contribution in [0.4, 0.5) is 0 Å². The van der Waals surface area contributed by atoms with Crippen molar-refractivity contribution >= 4 is 0 Å². The maximum atomic E-state index is 5.54. The van der Waals surface area contributed by atoms with Crippen molar-refractivity contribution in [3.8, 4) is 90.1 Å². The summed E-state index contributed by atoms with van der Waals surface area (Å²) in [6, 6.07) is 64.1. The van der Waals surface area contributed by atoms with Crippen LogP contribution < -0.4 is 0 Å². The number of pyridine rings is 3. The van der Waals surface area contributed by atoms with E-state index in [1.807, 2.05) is 78.9 Å². The third kappa shape index (κ3) is 6.70. The van der Waals surface area contributed by atoms with E-state index in [1.54, 1.807) is 12.4 Å². The first-order chi connectivity index (χ1) is 26.8. The van der Waals surface area contributed by atoms with Gasteiger partial charge in [-0.2, -0.15) is 0 Å². The molecule has 0 saturated carbocycles. The maximum absolute atomic E-state index is 5.54. The van der Waals surface area contributed by atoms with Crippen LogP contribution in [0, 0.1) is 0 Å². The van der Waals surface area contributed by atoms with Gasteiger partial charge in [-0.1, -0.05) is 140 Å². The summed E-state index contributed by atoms with van der Waals surface area (Å²) < 4.78 is 0. The third-order valence-electron chi connectivity index (χ3n) is 9.38. The van der Waals surface area contributed by atoms with E-state index in [4.69, 9.17) is 15.0 Å². The molecule has 0 spiro atoms. The molecule has 0 aliphatic heterocycles. The van der Waals surface area contributed by atoms with E-state index in [1.165, 1.54) is 0 Å². The fourth-order valence-corrected chi connectivity index (χ4v) is 6.74. The van der Waals surface area contributed by atoms with Gasteiger partial charge >= 0.3 is 0 Å². The van der Waals surface area contributed by atoms with Gasteiger partial charge in [-0.3, -0.25) is 9.97 Å². The molecule has 0 radical (unpaired) electrons. The van der Waals surface area contributed by atoms with Gasteiger partial charge in [0.15, 0.2) is 0 Å². The number of aromatic nitrogens is 5. The largest absolute Gasteiger partial charge is 0.255 e. The Balaban J connectivity index is 1.25. The first-order valence-electron chi connectivity index (χ1n) is 17.9. The fourth-order valence-electron chi connectivity index (χ4n) is 6.74. The van der Waals surface area contributed by atoms with Gasteiger partial charge in [-0.05, 0) is 70.8 Å². The summed E-state index contributed by atoms with van der Waals surface area (Å²) in [4.78, 5) is 25.3. The Morgan fingerprint density at radius 3 is 1.04 bits per heavy atom. The highest BCUT2D eigenvalue weighted by molar-refractivity contribution is 5.88. The summed E-state index contributed by atoms with van der Waals surface area (Å²) in [7, 11) is 0.